The minimum Gasteiger partial charge on any atom is -0.368 e. The summed E-state index contributed by atoms with van der Waals surface area (Å²) in [6, 6.07) is 30.4. The van der Waals surface area contributed by atoms with Gasteiger partial charge in [-0.05, 0) is 22.9 Å². The average Bonchev–Trinajstić information content (AvgIpc) is 2.92. The van der Waals surface area contributed by atoms with Crippen molar-refractivity contribution in [3.8, 4) is 0 Å². The van der Waals surface area contributed by atoms with Crippen molar-refractivity contribution < 1.29 is 23.7 Å². The van der Waals surface area contributed by atoms with Gasteiger partial charge in [0.05, 0.1) is 25.9 Å². The fourth-order valence-electron chi connectivity index (χ4n) is 4.23. The maximum atomic E-state index is 6.56. The van der Waals surface area contributed by atoms with Gasteiger partial charge < -0.3 is 23.7 Å². The van der Waals surface area contributed by atoms with Gasteiger partial charge in [-0.3, -0.25) is 0 Å². The van der Waals surface area contributed by atoms with E-state index >= 15 is 0 Å². The van der Waals surface area contributed by atoms with Crippen LogP contribution in [0.4, 0.5) is 0 Å². The maximum absolute atomic E-state index is 6.56. The molecule has 1 saturated heterocycles. The monoisotopic (exact) mass is 494 g/mol. The van der Waals surface area contributed by atoms with E-state index in [0.29, 0.717) is 19.8 Å². The summed E-state index contributed by atoms with van der Waals surface area (Å²) in [6.07, 6.45) is 0.154. The van der Waals surface area contributed by atoms with Crippen LogP contribution in [-0.2, 0) is 43.5 Å². The van der Waals surface area contributed by atoms with Crippen LogP contribution in [0, 0.1) is 0 Å². The first-order valence-electron chi connectivity index (χ1n) is 11.9. The molecule has 5 unspecified atom stereocenters. The van der Waals surface area contributed by atoms with E-state index in [1.807, 2.05) is 66.7 Å². The van der Waals surface area contributed by atoms with Gasteiger partial charge in [-0.25, -0.2) is 0 Å². The molecule has 0 aliphatic carbocycles. The second kappa shape index (κ2) is 13.8. The van der Waals surface area contributed by atoms with Gasteiger partial charge in [-0.15, -0.1) is 0 Å². The Morgan fingerprint density at radius 1 is 0.629 bits per heavy atom. The van der Waals surface area contributed by atoms with E-state index < -0.39 is 12.4 Å². The van der Waals surface area contributed by atoms with E-state index in [2.05, 4.69) is 30.5 Å². The minimum absolute atomic E-state index is 0.198. The standard InChI is InChI=1S/C29H34O5S/c1-30-29-28(33-20-24-16-10-5-11-17-24)27(32-19-23-14-8-4-9-15-23)26(25(34-29)21-35-2)31-18-22-12-6-3-7-13-22/h3-17,25-29H,18-21H2,1-2H3. The fourth-order valence-corrected chi connectivity index (χ4v) is 4.83. The van der Waals surface area contributed by atoms with E-state index in [0.717, 1.165) is 22.4 Å². The Labute approximate surface area is 212 Å². The zero-order valence-corrected chi connectivity index (χ0v) is 21.1. The highest BCUT2D eigenvalue weighted by Gasteiger charge is 2.48. The molecular weight excluding hydrogens is 460 g/mol. The summed E-state index contributed by atoms with van der Waals surface area (Å²) in [4.78, 5) is 0. The third kappa shape index (κ3) is 7.40. The number of ether oxygens (including phenoxy) is 5. The molecule has 3 aromatic rings. The maximum Gasteiger partial charge on any atom is 0.186 e. The van der Waals surface area contributed by atoms with E-state index in [9.17, 15) is 0 Å². The SMILES string of the molecule is COC1OC(CSC)C(OCc2ccccc2)C(OCc2ccccc2)C1OCc1ccccc1. The molecule has 1 aliphatic rings. The summed E-state index contributed by atoms with van der Waals surface area (Å²) in [7, 11) is 1.65. The van der Waals surface area contributed by atoms with Crippen LogP contribution >= 0.6 is 11.8 Å². The number of rotatable bonds is 12. The molecule has 1 aliphatic heterocycles. The van der Waals surface area contributed by atoms with Crippen LogP contribution in [0.1, 0.15) is 16.7 Å². The quantitative estimate of drug-likeness (QED) is 0.332. The largest absolute Gasteiger partial charge is 0.368 e. The van der Waals surface area contributed by atoms with Crippen LogP contribution in [-0.4, -0.2) is 49.8 Å². The first kappa shape index (κ1) is 25.9. The Bertz CT molecular complexity index is 972. The van der Waals surface area contributed by atoms with Gasteiger partial charge in [-0.2, -0.15) is 11.8 Å². The molecule has 0 amide bonds. The molecule has 35 heavy (non-hydrogen) atoms. The second-order valence-corrected chi connectivity index (χ2v) is 9.43. The topological polar surface area (TPSA) is 46.2 Å². The summed E-state index contributed by atoms with van der Waals surface area (Å²) < 4.78 is 31.7. The second-order valence-electron chi connectivity index (χ2n) is 8.52. The van der Waals surface area contributed by atoms with Gasteiger partial charge in [0.2, 0.25) is 0 Å². The van der Waals surface area contributed by atoms with Crippen LogP contribution in [0.3, 0.4) is 0 Å². The van der Waals surface area contributed by atoms with Gasteiger partial charge in [0.15, 0.2) is 6.29 Å². The zero-order chi connectivity index (χ0) is 24.3. The Morgan fingerprint density at radius 2 is 1.06 bits per heavy atom. The number of methoxy groups -OCH3 is 1. The van der Waals surface area contributed by atoms with E-state index in [1.54, 1.807) is 18.9 Å². The summed E-state index contributed by atoms with van der Waals surface area (Å²) in [5.74, 6) is 0.760. The van der Waals surface area contributed by atoms with Crippen molar-refractivity contribution in [3.63, 3.8) is 0 Å². The van der Waals surface area contributed by atoms with Crippen LogP contribution in [0.25, 0.3) is 0 Å². The van der Waals surface area contributed by atoms with Crippen molar-refractivity contribution in [1.82, 2.24) is 0 Å². The Hall–Kier alpha value is -2.19. The minimum atomic E-state index is -0.562. The molecule has 0 aromatic heterocycles. The molecule has 186 valence electrons. The van der Waals surface area contributed by atoms with Crippen molar-refractivity contribution in [2.75, 3.05) is 19.1 Å². The molecule has 0 saturated carbocycles. The van der Waals surface area contributed by atoms with E-state index in [-0.39, 0.29) is 18.3 Å². The van der Waals surface area contributed by atoms with E-state index in [4.69, 9.17) is 23.7 Å². The molecule has 4 rings (SSSR count). The lowest BCUT2D eigenvalue weighted by Gasteiger charge is -2.45. The molecule has 3 aromatic carbocycles. The number of hydrogen-bond acceptors (Lipinski definition) is 6. The average molecular weight is 495 g/mol. The molecule has 1 fully saturated rings. The van der Waals surface area contributed by atoms with Crippen molar-refractivity contribution in [3.05, 3.63) is 108 Å². The molecule has 0 bridgehead atoms. The smallest absolute Gasteiger partial charge is 0.186 e. The van der Waals surface area contributed by atoms with Crippen LogP contribution in [0.2, 0.25) is 0 Å². The van der Waals surface area contributed by atoms with Crippen molar-refractivity contribution in [2.24, 2.45) is 0 Å². The van der Waals surface area contributed by atoms with Gasteiger partial charge in [0.25, 0.3) is 0 Å². The summed E-state index contributed by atoms with van der Waals surface area (Å²) in [5, 5.41) is 0. The van der Waals surface area contributed by atoms with Gasteiger partial charge in [0, 0.05) is 12.9 Å². The Balaban J connectivity index is 1.58. The lowest BCUT2D eigenvalue weighted by Crippen LogP contribution is -2.61. The molecule has 0 radical (unpaired) electrons. The summed E-state index contributed by atoms with van der Waals surface area (Å²) in [5.41, 5.74) is 3.28. The highest BCUT2D eigenvalue weighted by Crippen LogP contribution is 2.32. The fraction of sp³-hybridized carbons (Fsp3) is 0.379. The van der Waals surface area contributed by atoms with Crippen LogP contribution in [0.15, 0.2) is 91.0 Å². The van der Waals surface area contributed by atoms with Gasteiger partial charge >= 0.3 is 0 Å². The molecule has 5 atom stereocenters. The molecule has 0 N–H and O–H groups in total. The molecule has 0 spiro atoms. The molecule has 5 nitrogen and oxygen atoms in total. The van der Waals surface area contributed by atoms with Crippen molar-refractivity contribution in [1.29, 1.82) is 0 Å². The Morgan fingerprint density at radius 3 is 1.49 bits per heavy atom. The van der Waals surface area contributed by atoms with Crippen LogP contribution < -0.4 is 0 Å². The Kier molecular flexibility index (Phi) is 10.2. The molecular formula is C29H34O5S. The summed E-state index contributed by atoms with van der Waals surface area (Å²) in [6.45, 7) is 1.34. The highest BCUT2D eigenvalue weighted by molar-refractivity contribution is 7.98. The predicted molar refractivity (Wildman–Crippen MR) is 139 cm³/mol. The number of benzene rings is 3. The zero-order valence-electron chi connectivity index (χ0n) is 20.3. The molecule has 6 heteroatoms. The van der Waals surface area contributed by atoms with Crippen molar-refractivity contribution in [2.45, 2.75) is 50.5 Å². The van der Waals surface area contributed by atoms with Gasteiger partial charge in [-0.1, -0.05) is 91.0 Å². The van der Waals surface area contributed by atoms with Crippen molar-refractivity contribution >= 4 is 11.8 Å². The van der Waals surface area contributed by atoms with E-state index in [1.165, 1.54) is 0 Å². The third-order valence-electron chi connectivity index (χ3n) is 6.01. The lowest BCUT2D eigenvalue weighted by molar-refractivity contribution is -0.313. The normalized spacial score (nSPS) is 24.3. The number of hydrogen-bond donors (Lipinski definition) is 0. The number of thioether (sulfide) groups is 1. The predicted octanol–water partition coefficient (Wildman–Crippen LogP) is 5.48. The van der Waals surface area contributed by atoms with Gasteiger partial charge in [0.1, 0.15) is 18.3 Å². The molecule has 1 heterocycles. The first-order valence-corrected chi connectivity index (χ1v) is 13.3. The highest BCUT2D eigenvalue weighted by atomic mass is 32.2. The lowest BCUT2D eigenvalue weighted by atomic mass is 9.98. The summed E-state index contributed by atoms with van der Waals surface area (Å²) >= 11 is 1.72. The third-order valence-corrected chi connectivity index (χ3v) is 6.67. The first-order chi connectivity index (χ1) is 17.3. The van der Waals surface area contributed by atoms with Crippen LogP contribution in [0.5, 0.6) is 0 Å².